The van der Waals surface area contributed by atoms with Crippen LogP contribution in [0.15, 0.2) is 36.4 Å². The van der Waals surface area contributed by atoms with E-state index in [4.69, 9.17) is 0 Å². The SMILES string of the molecule is Cc1cc(C)cc([C]c2cc(C)cc(C)c2)c1. The van der Waals surface area contributed by atoms with Gasteiger partial charge in [0.2, 0.25) is 0 Å². The summed E-state index contributed by atoms with van der Waals surface area (Å²) in [5.74, 6) is 0. The van der Waals surface area contributed by atoms with E-state index in [2.05, 4.69) is 70.5 Å². The predicted octanol–water partition coefficient (Wildman–Crippen LogP) is 4.40. The number of hydrogen-bond acceptors (Lipinski definition) is 0. The molecule has 0 aliphatic heterocycles. The second-order valence-electron chi connectivity index (χ2n) is 4.88. The van der Waals surface area contributed by atoms with E-state index in [0.29, 0.717) is 0 Å². The Morgan fingerprint density at radius 2 is 0.824 bits per heavy atom. The Morgan fingerprint density at radius 1 is 0.529 bits per heavy atom. The van der Waals surface area contributed by atoms with E-state index in [9.17, 15) is 0 Å². The van der Waals surface area contributed by atoms with Crippen molar-refractivity contribution in [1.82, 2.24) is 0 Å². The molecule has 0 spiro atoms. The molecule has 0 aromatic heterocycles. The van der Waals surface area contributed by atoms with Gasteiger partial charge < -0.3 is 0 Å². The molecule has 0 aliphatic rings. The smallest absolute Gasteiger partial charge is 0.0502 e. The lowest BCUT2D eigenvalue weighted by Gasteiger charge is -2.06. The van der Waals surface area contributed by atoms with Gasteiger partial charge >= 0.3 is 0 Å². The van der Waals surface area contributed by atoms with Crippen LogP contribution in [0.2, 0.25) is 0 Å². The molecule has 0 amide bonds. The van der Waals surface area contributed by atoms with E-state index in [1.807, 2.05) is 0 Å². The molecule has 0 aliphatic carbocycles. The van der Waals surface area contributed by atoms with Crippen LogP contribution in [0.5, 0.6) is 0 Å². The van der Waals surface area contributed by atoms with Crippen LogP contribution in [-0.4, -0.2) is 0 Å². The maximum Gasteiger partial charge on any atom is 0.0502 e. The summed E-state index contributed by atoms with van der Waals surface area (Å²) in [7, 11) is 0. The number of aryl methyl sites for hydroxylation is 4. The van der Waals surface area contributed by atoms with E-state index in [-0.39, 0.29) is 0 Å². The van der Waals surface area contributed by atoms with Crippen molar-refractivity contribution in [2.75, 3.05) is 0 Å². The molecule has 0 heteroatoms. The molecule has 0 saturated carbocycles. The van der Waals surface area contributed by atoms with Crippen LogP contribution in [0.25, 0.3) is 0 Å². The highest BCUT2D eigenvalue weighted by molar-refractivity contribution is 5.43. The molecule has 0 fully saturated rings. The second kappa shape index (κ2) is 4.75. The first kappa shape index (κ1) is 11.9. The molecule has 0 heterocycles. The van der Waals surface area contributed by atoms with Crippen LogP contribution in [-0.2, 0) is 0 Å². The maximum atomic E-state index is 3.47. The third-order valence-electron chi connectivity index (χ3n) is 2.73. The standard InChI is InChI=1S/C17H18/c1-12-5-13(2)8-16(7-12)11-17-9-14(3)6-15(4)10-17/h5-10H,1-4H3. The third kappa shape index (κ3) is 3.20. The van der Waals surface area contributed by atoms with E-state index in [0.717, 1.165) is 11.1 Å². The van der Waals surface area contributed by atoms with Gasteiger partial charge in [0.1, 0.15) is 0 Å². The number of hydrogen-bond donors (Lipinski definition) is 0. The van der Waals surface area contributed by atoms with E-state index >= 15 is 0 Å². The maximum absolute atomic E-state index is 3.47. The topological polar surface area (TPSA) is 0 Å². The molecule has 2 rings (SSSR count). The lowest BCUT2D eigenvalue weighted by molar-refractivity contribution is 1.30. The lowest BCUT2D eigenvalue weighted by atomic mass is 9.98. The minimum Gasteiger partial charge on any atom is -0.0564 e. The molecular formula is C17H18. The second-order valence-corrected chi connectivity index (χ2v) is 4.88. The lowest BCUT2D eigenvalue weighted by Crippen LogP contribution is -1.90. The average Bonchev–Trinajstić information content (AvgIpc) is 2.13. The largest absolute Gasteiger partial charge is 0.0564 e. The van der Waals surface area contributed by atoms with Gasteiger partial charge in [0.05, 0.1) is 6.42 Å². The molecule has 2 aromatic carbocycles. The fourth-order valence-corrected chi connectivity index (χ4v) is 2.26. The quantitative estimate of drug-likeness (QED) is 0.706. The highest BCUT2D eigenvalue weighted by atomic mass is 14.1. The summed E-state index contributed by atoms with van der Waals surface area (Å²) in [6, 6.07) is 13.1. The summed E-state index contributed by atoms with van der Waals surface area (Å²) in [5, 5.41) is 0. The van der Waals surface area contributed by atoms with Crippen molar-refractivity contribution < 1.29 is 0 Å². The number of benzene rings is 2. The van der Waals surface area contributed by atoms with Crippen molar-refractivity contribution in [2.45, 2.75) is 27.7 Å². The van der Waals surface area contributed by atoms with E-state index in [1.54, 1.807) is 0 Å². The van der Waals surface area contributed by atoms with Crippen LogP contribution >= 0.6 is 0 Å². The van der Waals surface area contributed by atoms with Crippen LogP contribution in [0.3, 0.4) is 0 Å². The molecule has 0 bridgehead atoms. The summed E-state index contributed by atoms with van der Waals surface area (Å²) in [6.45, 7) is 8.50. The molecule has 0 unspecified atom stereocenters. The first-order valence-electron chi connectivity index (χ1n) is 5.96. The average molecular weight is 222 g/mol. The van der Waals surface area contributed by atoms with Crippen LogP contribution < -0.4 is 0 Å². The summed E-state index contributed by atoms with van der Waals surface area (Å²) in [5.41, 5.74) is 7.47. The normalized spacial score (nSPS) is 10.6. The van der Waals surface area contributed by atoms with Gasteiger partial charge in [0, 0.05) is 0 Å². The molecule has 17 heavy (non-hydrogen) atoms. The Morgan fingerprint density at radius 3 is 1.12 bits per heavy atom. The molecule has 86 valence electrons. The zero-order valence-corrected chi connectivity index (χ0v) is 11.0. The van der Waals surface area contributed by atoms with Gasteiger partial charge in [-0.05, 0) is 38.8 Å². The Kier molecular flexibility index (Phi) is 3.33. The fraction of sp³-hybridized carbons (Fsp3) is 0.235. The number of rotatable bonds is 2. The van der Waals surface area contributed by atoms with Gasteiger partial charge in [0.15, 0.2) is 0 Å². The zero-order chi connectivity index (χ0) is 12.4. The van der Waals surface area contributed by atoms with E-state index < -0.39 is 0 Å². The highest BCUT2D eigenvalue weighted by Crippen LogP contribution is 2.18. The van der Waals surface area contributed by atoms with Crippen molar-refractivity contribution in [3.63, 3.8) is 0 Å². The Balaban J connectivity index is 2.31. The summed E-state index contributed by atoms with van der Waals surface area (Å²) < 4.78 is 0. The predicted molar refractivity (Wildman–Crippen MR) is 73.3 cm³/mol. The molecule has 0 saturated heterocycles. The van der Waals surface area contributed by atoms with Gasteiger partial charge in [0.25, 0.3) is 0 Å². The van der Waals surface area contributed by atoms with Crippen LogP contribution in [0.1, 0.15) is 33.4 Å². The van der Waals surface area contributed by atoms with Crippen molar-refractivity contribution in [3.05, 3.63) is 76.2 Å². The van der Waals surface area contributed by atoms with Gasteiger partial charge in [-0.25, -0.2) is 0 Å². The molecule has 2 radical (unpaired) electrons. The molecule has 0 nitrogen and oxygen atoms in total. The van der Waals surface area contributed by atoms with Crippen LogP contribution in [0.4, 0.5) is 0 Å². The minimum absolute atomic E-state index is 1.16. The monoisotopic (exact) mass is 222 g/mol. The summed E-state index contributed by atoms with van der Waals surface area (Å²) >= 11 is 0. The summed E-state index contributed by atoms with van der Waals surface area (Å²) in [6.07, 6.45) is 3.47. The first-order chi connectivity index (χ1) is 8.02. The Hall–Kier alpha value is -1.56. The third-order valence-corrected chi connectivity index (χ3v) is 2.73. The first-order valence-corrected chi connectivity index (χ1v) is 5.96. The summed E-state index contributed by atoms with van der Waals surface area (Å²) in [4.78, 5) is 0. The Bertz CT molecular complexity index is 446. The van der Waals surface area contributed by atoms with Gasteiger partial charge in [-0.15, -0.1) is 0 Å². The zero-order valence-electron chi connectivity index (χ0n) is 11.0. The molecular weight excluding hydrogens is 204 g/mol. The molecule has 0 atom stereocenters. The fourth-order valence-electron chi connectivity index (χ4n) is 2.26. The van der Waals surface area contributed by atoms with Crippen molar-refractivity contribution >= 4 is 0 Å². The van der Waals surface area contributed by atoms with Crippen molar-refractivity contribution in [3.8, 4) is 0 Å². The highest BCUT2D eigenvalue weighted by Gasteiger charge is 2.01. The molecule has 0 N–H and O–H groups in total. The van der Waals surface area contributed by atoms with Gasteiger partial charge in [-0.2, -0.15) is 0 Å². The van der Waals surface area contributed by atoms with Gasteiger partial charge in [-0.3, -0.25) is 0 Å². The van der Waals surface area contributed by atoms with Crippen molar-refractivity contribution in [1.29, 1.82) is 0 Å². The Labute approximate surface area is 104 Å². The van der Waals surface area contributed by atoms with Crippen molar-refractivity contribution in [2.24, 2.45) is 0 Å². The van der Waals surface area contributed by atoms with Crippen LogP contribution in [0, 0.1) is 34.1 Å². The minimum atomic E-state index is 1.16. The van der Waals surface area contributed by atoms with E-state index in [1.165, 1.54) is 22.3 Å². The van der Waals surface area contributed by atoms with Gasteiger partial charge in [-0.1, -0.05) is 58.7 Å². The molecule has 2 aromatic rings.